The number of carbonyl (C=O) groups excluding carboxylic acids is 1. The first-order valence-electron chi connectivity index (χ1n) is 11.9. The van der Waals surface area contributed by atoms with Crippen molar-refractivity contribution in [3.8, 4) is 0 Å². The first kappa shape index (κ1) is 24.6. The maximum absolute atomic E-state index is 11.2. The third kappa shape index (κ3) is 10.8. The number of aliphatic hydroxyl groups is 1. The summed E-state index contributed by atoms with van der Waals surface area (Å²) in [4.78, 5) is 11.2. The second kappa shape index (κ2) is 15.2. The average molecular weight is 414 g/mol. The lowest BCUT2D eigenvalue weighted by Crippen LogP contribution is -2.38. The van der Waals surface area contributed by atoms with Gasteiger partial charge in [0.2, 0.25) is 0 Å². The largest absolute Gasteiger partial charge is 0.469 e. The van der Waals surface area contributed by atoms with Gasteiger partial charge >= 0.3 is 5.97 Å². The fourth-order valence-corrected chi connectivity index (χ4v) is 4.44. The Labute approximate surface area is 177 Å². The summed E-state index contributed by atoms with van der Waals surface area (Å²) >= 11 is 0. The number of hydrogen-bond acceptors (Lipinski definition) is 6. The molecule has 6 heteroatoms. The van der Waals surface area contributed by atoms with Gasteiger partial charge in [-0.25, -0.2) is 0 Å². The summed E-state index contributed by atoms with van der Waals surface area (Å²) in [5.74, 6) is 0.378. The van der Waals surface area contributed by atoms with E-state index in [2.05, 4.69) is 10.1 Å². The van der Waals surface area contributed by atoms with Gasteiger partial charge in [0.05, 0.1) is 19.8 Å². The van der Waals surface area contributed by atoms with Crippen LogP contribution < -0.4 is 5.32 Å². The van der Waals surface area contributed by atoms with Crippen LogP contribution >= 0.6 is 0 Å². The highest BCUT2D eigenvalue weighted by Crippen LogP contribution is 2.28. The van der Waals surface area contributed by atoms with E-state index in [1.54, 1.807) is 0 Å². The van der Waals surface area contributed by atoms with Crippen LogP contribution in [0.3, 0.4) is 0 Å². The molecule has 0 radical (unpaired) electrons. The van der Waals surface area contributed by atoms with E-state index >= 15 is 0 Å². The van der Waals surface area contributed by atoms with Crippen LogP contribution in [-0.2, 0) is 19.0 Å². The fourth-order valence-electron chi connectivity index (χ4n) is 4.44. The number of methoxy groups -OCH3 is 1. The number of unbranched alkanes of at least 4 members (excludes halogenated alkanes) is 3. The zero-order valence-electron chi connectivity index (χ0n) is 18.4. The third-order valence-corrected chi connectivity index (χ3v) is 6.35. The normalized spacial score (nSPS) is 22.5. The predicted octanol–water partition coefficient (Wildman–Crippen LogP) is 3.94. The Balaban J connectivity index is 1.63. The second-order valence-corrected chi connectivity index (χ2v) is 8.71. The summed E-state index contributed by atoms with van der Waals surface area (Å²) in [5.41, 5.74) is 0. The average Bonchev–Trinajstić information content (AvgIpc) is 3.29. The van der Waals surface area contributed by atoms with Gasteiger partial charge in [0.15, 0.2) is 6.29 Å². The summed E-state index contributed by atoms with van der Waals surface area (Å²) in [6, 6.07) is 0.289. The highest BCUT2D eigenvalue weighted by molar-refractivity contribution is 5.68. The minimum absolute atomic E-state index is 0.0582. The van der Waals surface area contributed by atoms with Gasteiger partial charge in [0, 0.05) is 19.1 Å². The Morgan fingerprint density at radius 2 is 1.83 bits per heavy atom. The molecule has 29 heavy (non-hydrogen) atoms. The molecule has 1 aliphatic carbocycles. The zero-order chi connectivity index (χ0) is 20.7. The molecule has 0 aromatic carbocycles. The number of carbonyl (C=O) groups is 1. The highest BCUT2D eigenvalue weighted by atomic mass is 16.7. The molecule has 1 saturated heterocycles. The lowest BCUT2D eigenvalue weighted by molar-refractivity contribution is -0.166. The van der Waals surface area contributed by atoms with E-state index in [1.807, 2.05) is 0 Å². The van der Waals surface area contributed by atoms with Crippen LogP contribution in [0.2, 0.25) is 0 Å². The van der Waals surface area contributed by atoms with Gasteiger partial charge in [-0.3, -0.25) is 4.79 Å². The molecule has 2 aliphatic rings. The van der Waals surface area contributed by atoms with E-state index in [9.17, 15) is 9.90 Å². The molecule has 0 amide bonds. The maximum atomic E-state index is 11.2. The van der Waals surface area contributed by atoms with Crippen molar-refractivity contribution in [1.82, 2.24) is 5.32 Å². The van der Waals surface area contributed by atoms with Crippen LogP contribution in [0, 0.1) is 5.92 Å². The molecule has 2 N–H and O–H groups in total. The Hall–Kier alpha value is -0.690. The molecule has 1 aliphatic heterocycles. The molecule has 1 heterocycles. The Kier molecular flexibility index (Phi) is 12.9. The molecular weight excluding hydrogens is 370 g/mol. The van der Waals surface area contributed by atoms with Crippen LogP contribution in [0.4, 0.5) is 0 Å². The van der Waals surface area contributed by atoms with Gasteiger partial charge in [-0.2, -0.15) is 0 Å². The quantitative estimate of drug-likeness (QED) is 0.313. The first-order valence-corrected chi connectivity index (χ1v) is 11.9. The van der Waals surface area contributed by atoms with Crippen molar-refractivity contribution in [1.29, 1.82) is 0 Å². The molecule has 3 unspecified atom stereocenters. The number of nitrogens with one attached hydrogen (secondary N) is 1. The van der Waals surface area contributed by atoms with E-state index in [0.29, 0.717) is 18.9 Å². The number of hydrogen-bond donors (Lipinski definition) is 2. The maximum Gasteiger partial charge on any atom is 0.305 e. The van der Waals surface area contributed by atoms with Crippen LogP contribution in [0.5, 0.6) is 0 Å². The summed E-state index contributed by atoms with van der Waals surface area (Å²) in [7, 11) is 1.44. The van der Waals surface area contributed by atoms with Crippen molar-refractivity contribution in [2.45, 2.75) is 108 Å². The van der Waals surface area contributed by atoms with Crippen molar-refractivity contribution in [3.05, 3.63) is 0 Å². The summed E-state index contributed by atoms with van der Waals surface area (Å²) < 4.78 is 16.4. The number of ether oxygens (including phenoxy) is 3. The molecule has 3 atom stereocenters. The van der Waals surface area contributed by atoms with Gasteiger partial charge in [-0.1, -0.05) is 32.1 Å². The molecule has 2 fully saturated rings. The predicted molar refractivity (Wildman–Crippen MR) is 114 cm³/mol. The monoisotopic (exact) mass is 413 g/mol. The summed E-state index contributed by atoms with van der Waals surface area (Å²) in [6.07, 6.45) is 14.5. The molecule has 0 bridgehead atoms. The van der Waals surface area contributed by atoms with E-state index in [1.165, 1.54) is 39.2 Å². The van der Waals surface area contributed by atoms with Gasteiger partial charge < -0.3 is 24.6 Å². The van der Waals surface area contributed by atoms with E-state index in [-0.39, 0.29) is 24.4 Å². The first-order chi connectivity index (χ1) is 14.2. The van der Waals surface area contributed by atoms with Crippen LogP contribution in [0.25, 0.3) is 0 Å². The smallest absolute Gasteiger partial charge is 0.305 e. The standard InChI is InChI=1S/C23H43NO5/c1-27-22(26)13-5-3-2-4-12-20(18-29-23-14-8-9-17-28-23)24-16-15-21(25)19-10-6-7-11-19/h19-21,23-25H,2-18H2,1H3. The molecule has 170 valence electrons. The highest BCUT2D eigenvalue weighted by Gasteiger charge is 2.23. The number of rotatable bonds is 15. The summed E-state index contributed by atoms with van der Waals surface area (Å²) in [6.45, 7) is 2.29. The fraction of sp³-hybridized carbons (Fsp3) is 0.957. The Morgan fingerprint density at radius 3 is 2.55 bits per heavy atom. The van der Waals surface area contributed by atoms with Crippen molar-refractivity contribution >= 4 is 5.97 Å². The second-order valence-electron chi connectivity index (χ2n) is 8.71. The topological polar surface area (TPSA) is 77.0 Å². The number of aliphatic hydroxyl groups excluding tert-OH is 1. The van der Waals surface area contributed by atoms with Gasteiger partial charge in [-0.15, -0.1) is 0 Å². The third-order valence-electron chi connectivity index (χ3n) is 6.35. The van der Waals surface area contributed by atoms with E-state index < -0.39 is 0 Å². The van der Waals surface area contributed by atoms with E-state index in [0.717, 1.165) is 64.5 Å². The molecule has 0 aromatic heterocycles. The van der Waals surface area contributed by atoms with Crippen LogP contribution in [0.15, 0.2) is 0 Å². The van der Waals surface area contributed by atoms with Gasteiger partial charge in [0.1, 0.15) is 0 Å². The molecule has 2 rings (SSSR count). The lowest BCUT2D eigenvalue weighted by atomic mass is 9.98. The number of esters is 1. The minimum Gasteiger partial charge on any atom is -0.469 e. The van der Waals surface area contributed by atoms with Crippen molar-refractivity contribution in [2.75, 3.05) is 26.9 Å². The van der Waals surface area contributed by atoms with E-state index in [4.69, 9.17) is 9.47 Å². The van der Waals surface area contributed by atoms with Crippen LogP contribution in [0.1, 0.15) is 89.9 Å². The Morgan fingerprint density at radius 1 is 1.07 bits per heavy atom. The Bertz CT molecular complexity index is 421. The van der Waals surface area contributed by atoms with Crippen molar-refractivity contribution in [3.63, 3.8) is 0 Å². The van der Waals surface area contributed by atoms with Gasteiger partial charge in [-0.05, 0) is 63.8 Å². The molecule has 1 saturated carbocycles. The molecule has 0 aromatic rings. The SMILES string of the molecule is COC(=O)CCCCCCC(COC1CCCCO1)NCCC(O)C1CCCC1. The molecule has 0 spiro atoms. The molecule has 6 nitrogen and oxygen atoms in total. The van der Waals surface area contributed by atoms with Crippen molar-refractivity contribution < 1.29 is 24.1 Å². The summed E-state index contributed by atoms with van der Waals surface area (Å²) in [5, 5.41) is 14.0. The van der Waals surface area contributed by atoms with Crippen LogP contribution in [-0.4, -0.2) is 56.4 Å². The molecular formula is C23H43NO5. The lowest BCUT2D eigenvalue weighted by Gasteiger charge is -2.26. The van der Waals surface area contributed by atoms with Gasteiger partial charge in [0.25, 0.3) is 0 Å². The van der Waals surface area contributed by atoms with Crippen molar-refractivity contribution in [2.24, 2.45) is 5.92 Å². The minimum atomic E-state index is -0.174. The zero-order valence-corrected chi connectivity index (χ0v) is 18.4.